The number of aryl methyl sites for hydroxylation is 1. The fourth-order valence-electron chi connectivity index (χ4n) is 2.15. The number of halogens is 1. The van der Waals surface area contributed by atoms with E-state index in [9.17, 15) is 5.11 Å². The predicted octanol–water partition coefficient (Wildman–Crippen LogP) is 4.10. The van der Waals surface area contributed by atoms with Crippen LogP contribution in [-0.2, 0) is 6.54 Å². The topological polar surface area (TPSA) is 45.2 Å². The van der Waals surface area contributed by atoms with E-state index in [1.807, 2.05) is 25.1 Å². The molecule has 0 saturated heterocycles. The van der Waals surface area contributed by atoms with Crippen molar-refractivity contribution < 1.29 is 5.11 Å². The molecule has 0 radical (unpaired) electrons. The third-order valence-electron chi connectivity index (χ3n) is 3.29. The highest BCUT2D eigenvalue weighted by atomic mass is 79.9. The van der Waals surface area contributed by atoms with E-state index in [0.717, 1.165) is 16.6 Å². The summed E-state index contributed by atoms with van der Waals surface area (Å²) in [6.45, 7) is 4.63. The third-order valence-corrected chi connectivity index (χ3v) is 3.81. The van der Waals surface area contributed by atoms with Crippen LogP contribution in [0.4, 0.5) is 0 Å². The quantitative estimate of drug-likeness (QED) is 0.865. The highest BCUT2D eigenvalue weighted by Gasteiger charge is 2.10. The second kappa shape index (κ2) is 6.86. The molecule has 20 heavy (non-hydrogen) atoms. The van der Waals surface area contributed by atoms with E-state index in [1.54, 1.807) is 6.07 Å². The van der Waals surface area contributed by atoms with Crippen molar-refractivity contribution >= 4 is 15.9 Å². The Labute approximate surface area is 128 Å². The molecule has 0 aliphatic heterocycles. The SMILES string of the molecule is CCC(NCc1nc(C)ccc1O)c1ccc(Br)cc1. The zero-order chi connectivity index (χ0) is 14.5. The lowest BCUT2D eigenvalue weighted by Gasteiger charge is -2.18. The number of nitrogens with zero attached hydrogens (tertiary/aromatic N) is 1. The van der Waals surface area contributed by atoms with E-state index in [2.05, 4.69) is 45.3 Å². The standard InChI is InChI=1S/C16H19BrN2O/c1-3-14(12-5-7-13(17)8-6-12)18-10-15-16(20)9-4-11(2)19-15/h4-9,14,18,20H,3,10H2,1-2H3. The summed E-state index contributed by atoms with van der Waals surface area (Å²) >= 11 is 3.45. The summed E-state index contributed by atoms with van der Waals surface area (Å²) in [6.07, 6.45) is 0.980. The van der Waals surface area contributed by atoms with Crippen molar-refractivity contribution in [2.45, 2.75) is 32.9 Å². The highest BCUT2D eigenvalue weighted by molar-refractivity contribution is 9.10. The molecule has 0 bridgehead atoms. The van der Waals surface area contributed by atoms with Gasteiger partial charge in [-0.3, -0.25) is 4.98 Å². The Morgan fingerprint density at radius 3 is 2.55 bits per heavy atom. The molecule has 106 valence electrons. The lowest BCUT2D eigenvalue weighted by molar-refractivity contribution is 0.448. The Balaban J connectivity index is 2.07. The average Bonchev–Trinajstić information content (AvgIpc) is 2.45. The number of aromatic hydroxyl groups is 1. The molecule has 1 unspecified atom stereocenters. The van der Waals surface area contributed by atoms with E-state index < -0.39 is 0 Å². The van der Waals surface area contributed by atoms with E-state index in [-0.39, 0.29) is 11.8 Å². The van der Waals surface area contributed by atoms with Gasteiger partial charge in [0.25, 0.3) is 0 Å². The van der Waals surface area contributed by atoms with Gasteiger partial charge in [0.05, 0.1) is 5.69 Å². The van der Waals surface area contributed by atoms with Crippen molar-refractivity contribution in [1.82, 2.24) is 10.3 Å². The Morgan fingerprint density at radius 2 is 1.90 bits per heavy atom. The molecule has 3 nitrogen and oxygen atoms in total. The lowest BCUT2D eigenvalue weighted by Crippen LogP contribution is -2.21. The van der Waals surface area contributed by atoms with Crippen LogP contribution in [0.1, 0.15) is 36.3 Å². The Bertz CT molecular complexity index is 569. The van der Waals surface area contributed by atoms with Crippen molar-refractivity contribution in [3.63, 3.8) is 0 Å². The number of benzene rings is 1. The van der Waals surface area contributed by atoms with Gasteiger partial charge >= 0.3 is 0 Å². The number of pyridine rings is 1. The summed E-state index contributed by atoms with van der Waals surface area (Å²) in [6, 6.07) is 12.1. The van der Waals surface area contributed by atoms with Crippen molar-refractivity contribution in [3.8, 4) is 5.75 Å². The molecule has 1 atom stereocenters. The number of rotatable bonds is 5. The molecule has 2 rings (SSSR count). The minimum Gasteiger partial charge on any atom is -0.506 e. The van der Waals surface area contributed by atoms with Crippen LogP contribution < -0.4 is 5.32 Å². The summed E-state index contributed by atoms with van der Waals surface area (Å²) in [4.78, 5) is 4.37. The van der Waals surface area contributed by atoms with Crippen molar-refractivity contribution in [3.05, 3.63) is 57.8 Å². The zero-order valence-electron chi connectivity index (χ0n) is 11.7. The maximum Gasteiger partial charge on any atom is 0.138 e. The molecule has 0 saturated carbocycles. The van der Waals surface area contributed by atoms with Gasteiger partial charge in [0.2, 0.25) is 0 Å². The summed E-state index contributed by atoms with van der Waals surface area (Å²) in [7, 11) is 0. The lowest BCUT2D eigenvalue weighted by atomic mass is 10.0. The van der Waals surface area contributed by atoms with Crippen LogP contribution in [0.5, 0.6) is 5.75 Å². The molecule has 0 aliphatic rings. The summed E-state index contributed by atoms with van der Waals surface area (Å²) in [5, 5.41) is 13.3. The van der Waals surface area contributed by atoms with Crippen LogP contribution in [0, 0.1) is 6.92 Å². The van der Waals surface area contributed by atoms with E-state index in [0.29, 0.717) is 12.2 Å². The molecule has 0 spiro atoms. The molecular formula is C16H19BrN2O. The normalized spacial score (nSPS) is 12.3. The summed E-state index contributed by atoms with van der Waals surface area (Å²) in [5.74, 6) is 0.244. The van der Waals surface area contributed by atoms with Crippen LogP contribution >= 0.6 is 15.9 Å². The molecule has 2 aromatic rings. The molecular weight excluding hydrogens is 316 g/mol. The molecule has 0 fully saturated rings. The zero-order valence-corrected chi connectivity index (χ0v) is 13.3. The molecule has 1 heterocycles. The molecule has 4 heteroatoms. The first kappa shape index (κ1) is 15.0. The van der Waals surface area contributed by atoms with E-state index >= 15 is 0 Å². The van der Waals surface area contributed by atoms with E-state index in [1.165, 1.54) is 5.56 Å². The molecule has 0 aliphatic carbocycles. The predicted molar refractivity (Wildman–Crippen MR) is 84.7 cm³/mol. The molecule has 1 aromatic heterocycles. The summed E-state index contributed by atoms with van der Waals surface area (Å²) < 4.78 is 1.08. The minimum absolute atomic E-state index is 0.244. The summed E-state index contributed by atoms with van der Waals surface area (Å²) in [5.41, 5.74) is 2.85. The third kappa shape index (κ3) is 3.81. The second-order valence-electron chi connectivity index (χ2n) is 4.81. The van der Waals surface area contributed by atoms with Gasteiger partial charge in [0.15, 0.2) is 0 Å². The Morgan fingerprint density at radius 1 is 1.20 bits per heavy atom. The van der Waals surface area contributed by atoms with Gasteiger partial charge in [-0.15, -0.1) is 0 Å². The molecule has 1 aromatic carbocycles. The first-order chi connectivity index (χ1) is 9.60. The van der Waals surface area contributed by atoms with Gasteiger partial charge in [0.1, 0.15) is 5.75 Å². The van der Waals surface area contributed by atoms with Crippen LogP contribution in [0.3, 0.4) is 0 Å². The largest absolute Gasteiger partial charge is 0.506 e. The highest BCUT2D eigenvalue weighted by Crippen LogP contribution is 2.21. The number of nitrogens with one attached hydrogen (secondary N) is 1. The van der Waals surface area contributed by atoms with Gasteiger partial charge in [-0.1, -0.05) is 35.0 Å². The van der Waals surface area contributed by atoms with Crippen molar-refractivity contribution in [2.75, 3.05) is 0 Å². The first-order valence-electron chi connectivity index (χ1n) is 6.74. The maximum atomic E-state index is 9.82. The van der Waals surface area contributed by atoms with Crippen LogP contribution in [-0.4, -0.2) is 10.1 Å². The molecule has 2 N–H and O–H groups in total. The van der Waals surface area contributed by atoms with E-state index in [4.69, 9.17) is 0 Å². The fraction of sp³-hybridized carbons (Fsp3) is 0.312. The fourth-order valence-corrected chi connectivity index (χ4v) is 2.41. The number of aromatic nitrogens is 1. The van der Waals surface area contributed by atoms with Gasteiger partial charge in [-0.2, -0.15) is 0 Å². The average molecular weight is 335 g/mol. The van der Waals surface area contributed by atoms with Gasteiger partial charge in [-0.25, -0.2) is 0 Å². The maximum absolute atomic E-state index is 9.82. The Hall–Kier alpha value is -1.39. The van der Waals surface area contributed by atoms with Gasteiger partial charge in [-0.05, 0) is 43.2 Å². The number of hydrogen-bond acceptors (Lipinski definition) is 3. The second-order valence-corrected chi connectivity index (χ2v) is 5.73. The monoisotopic (exact) mass is 334 g/mol. The van der Waals surface area contributed by atoms with Crippen molar-refractivity contribution in [1.29, 1.82) is 0 Å². The van der Waals surface area contributed by atoms with Gasteiger partial charge < -0.3 is 10.4 Å². The van der Waals surface area contributed by atoms with Crippen LogP contribution in [0.25, 0.3) is 0 Å². The molecule has 0 amide bonds. The Kier molecular flexibility index (Phi) is 5.15. The van der Waals surface area contributed by atoms with Crippen molar-refractivity contribution in [2.24, 2.45) is 0 Å². The van der Waals surface area contributed by atoms with Gasteiger partial charge in [0, 0.05) is 22.8 Å². The van der Waals surface area contributed by atoms with Crippen LogP contribution in [0.15, 0.2) is 40.9 Å². The minimum atomic E-state index is 0.244. The number of hydrogen-bond donors (Lipinski definition) is 2. The van der Waals surface area contributed by atoms with Crippen LogP contribution in [0.2, 0.25) is 0 Å². The smallest absolute Gasteiger partial charge is 0.138 e. The first-order valence-corrected chi connectivity index (χ1v) is 7.53.